The molecule has 4 nitrogen and oxygen atoms in total. The lowest BCUT2D eigenvalue weighted by molar-refractivity contribution is 0.0801. The monoisotopic (exact) mass is 296 g/mol. The Kier molecular flexibility index (Phi) is 5.06. The van der Waals surface area contributed by atoms with Gasteiger partial charge in [-0.25, -0.2) is 0 Å². The smallest absolute Gasteiger partial charge is 0.101 e. The average molecular weight is 296 g/mol. The topological polar surface area (TPSA) is 62.9 Å². The fourth-order valence-electron chi connectivity index (χ4n) is 3.08. The Morgan fingerprint density at radius 2 is 1.91 bits per heavy atom. The number of nitriles is 2. The summed E-state index contributed by atoms with van der Waals surface area (Å²) in [6.07, 6.45) is 2.54. The van der Waals surface area contributed by atoms with Gasteiger partial charge < -0.3 is 5.32 Å². The van der Waals surface area contributed by atoms with Gasteiger partial charge >= 0.3 is 0 Å². The van der Waals surface area contributed by atoms with Crippen molar-refractivity contribution in [2.75, 3.05) is 25.0 Å². The number of anilines is 1. The standard InChI is InChI=1S/C18H24N4/c1-14-6-5-9-22(12-14)18(2,3)13-21-17-15(10-19)7-4-8-16(17)11-20/h4,7-8,14,21H,5-6,9,12-13H2,1-3H3. The molecular weight excluding hydrogens is 272 g/mol. The summed E-state index contributed by atoms with van der Waals surface area (Å²) in [7, 11) is 0. The largest absolute Gasteiger partial charge is 0.381 e. The third kappa shape index (κ3) is 3.59. The number of rotatable bonds is 4. The molecule has 1 aromatic rings. The van der Waals surface area contributed by atoms with Crippen LogP contribution in [0.25, 0.3) is 0 Å². The van der Waals surface area contributed by atoms with Crippen molar-refractivity contribution < 1.29 is 0 Å². The fraction of sp³-hybridized carbons (Fsp3) is 0.556. The molecule has 1 aliphatic rings. The molecule has 22 heavy (non-hydrogen) atoms. The van der Waals surface area contributed by atoms with E-state index in [9.17, 15) is 10.5 Å². The lowest BCUT2D eigenvalue weighted by atomic mass is 9.93. The maximum Gasteiger partial charge on any atom is 0.101 e. The van der Waals surface area contributed by atoms with E-state index in [1.807, 2.05) is 0 Å². The minimum atomic E-state index is -0.00995. The quantitative estimate of drug-likeness (QED) is 0.925. The van der Waals surface area contributed by atoms with E-state index < -0.39 is 0 Å². The first kappa shape index (κ1) is 16.3. The van der Waals surface area contributed by atoms with Gasteiger partial charge in [-0.05, 0) is 51.3 Å². The van der Waals surface area contributed by atoms with E-state index in [0.717, 1.165) is 19.0 Å². The molecule has 0 radical (unpaired) electrons. The highest BCUT2D eigenvalue weighted by Crippen LogP contribution is 2.26. The number of para-hydroxylation sites is 1. The Bertz CT molecular complexity index is 574. The molecule has 1 atom stereocenters. The summed E-state index contributed by atoms with van der Waals surface area (Å²) in [5, 5.41) is 21.8. The van der Waals surface area contributed by atoms with Crippen LogP contribution in [0, 0.1) is 28.6 Å². The van der Waals surface area contributed by atoms with Gasteiger partial charge in [0.25, 0.3) is 0 Å². The number of likely N-dealkylation sites (tertiary alicyclic amines) is 1. The van der Waals surface area contributed by atoms with Gasteiger partial charge in [0, 0.05) is 18.6 Å². The van der Waals surface area contributed by atoms with E-state index in [4.69, 9.17) is 0 Å². The normalized spacial score (nSPS) is 19.2. The van der Waals surface area contributed by atoms with Crippen LogP contribution in [0.2, 0.25) is 0 Å². The summed E-state index contributed by atoms with van der Waals surface area (Å²) in [5.74, 6) is 0.731. The first-order valence-electron chi connectivity index (χ1n) is 7.90. The highest BCUT2D eigenvalue weighted by atomic mass is 15.2. The number of piperidine rings is 1. The van der Waals surface area contributed by atoms with Crippen LogP contribution in [0.5, 0.6) is 0 Å². The maximum atomic E-state index is 9.24. The zero-order valence-electron chi connectivity index (χ0n) is 13.7. The van der Waals surface area contributed by atoms with Gasteiger partial charge in [-0.3, -0.25) is 4.90 Å². The molecule has 0 bridgehead atoms. The van der Waals surface area contributed by atoms with Gasteiger partial charge in [-0.2, -0.15) is 10.5 Å². The second-order valence-electron chi connectivity index (χ2n) is 6.81. The summed E-state index contributed by atoms with van der Waals surface area (Å²) in [4.78, 5) is 2.51. The molecule has 0 aromatic heterocycles. The van der Waals surface area contributed by atoms with E-state index in [2.05, 4.69) is 43.1 Å². The first-order chi connectivity index (χ1) is 10.5. The molecule has 0 spiro atoms. The third-order valence-electron chi connectivity index (χ3n) is 4.52. The summed E-state index contributed by atoms with van der Waals surface area (Å²) < 4.78 is 0. The van der Waals surface area contributed by atoms with Gasteiger partial charge in [0.2, 0.25) is 0 Å². The zero-order valence-corrected chi connectivity index (χ0v) is 13.7. The number of benzene rings is 1. The van der Waals surface area contributed by atoms with Gasteiger partial charge in [0.05, 0.1) is 16.8 Å². The number of nitrogens with zero attached hydrogens (tertiary/aromatic N) is 3. The number of hydrogen-bond acceptors (Lipinski definition) is 4. The molecule has 2 rings (SSSR count). The molecule has 116 valence electrons. The highest BCUT2D eigenvalue weighted by Gasteiger charge is 2.30. The molecular formula is C18H24N4. The van der Waals surface area contributed by atoms with Crippen molar-refractivity contribution in [2.45, 2.75) is 39.2 Å². The number of hydrogen-bond donors (Lipinski definition) is 1. The third-order valence-corrected chi connectivity index (χ3v) is 4.52. The van der Waals surface area contributed by atoms with Crippen LogP contribution in [0.1, 0.15) is 44.7 Å². The summed E-state index contributed by atoms with van der Waals surface area (Å²) in [5.41, 5.74) is 1.71. The van der Waals surface area contributed by atoms with Crippen LogP contribution < -0.4 is 5.32 Å². The van der Waals surface area contributed by atoms with Crippen LogP contribution in [0.3, 0.4) is 0 Å². The minimum Gasteiger partial charge on any atom is -0.381 e. The number of nitrogens with one attached hydrogen (secondary N) is 1. The summed E-state index contributed by atoms with van der Waals surface area (Å²) in [6.45, 7) is 9.68. The molecule has 4 heteroatoms. The Hall–Kier alpha value is -2.04. The van der Waals surface area contributed by atoms with E-state index in [-0.39, 0.29) is 5.54 Å². The molecule has 1 unspecified atom stereocenters. The Labute approximate surface area is 133 Å². The molecule has 1 aromatic carbocycles. The van der Waals surface area contributed by atoms with E-state index in [0.29, 0.717) is 23.4 Å². The van der Waals surface area contributed by atoms with Crippen molar-refractivity contribution in [3.8, 4) is 12.1 Å². The molecule has 1 fully saturated rings. The van der Waals surface area contributed by atoms with E-state index >= 15 is 0 Å². The molecule has 1 heterocycles. The molecule has 0 amide bonds. The Morgan fingerprint density at radius 1 is 1.27 bits per heavy atom. The Morgan fingerprint density at radius 3 is 2.45 bits per heavy atom. The van der Waals surface area contributed by atoms with Crippen molar-refractivity contribution in [1.29, 1.82) is 10.5 Å². The first-order valence-corrected chi connectivity index (χ1v) is 7.90. The van der Waals surface area contributed by atoms with Crippen LogP contribution >= 0.6 is 0 Å². The van der Waals surface area contributed by atoms with Gasteiger partial charge in [-0.15, -0.1) is 0 Å². The highest BCUT2D eigenvalue weighted by molar-refractivity contribution is 5.66. The zero-order chi connectivity index (χ0) is 16.2. The minimum absolute atomic E-state index is 0.00995. The van der Waals surface area contributed by atoms with Gasteiger partial charge in [0.15, 0.2) is 0 Å². The van der Waals surface area contributed by atoms with Crippen molar-refractivity contribution >= 4 is 5.69 Å². The second kappa shape index (κ2) is 6.81. The summed E-state index contributed by atoms with van der Waals surface area (Å²) in [6, 6.07) is 9.58. The van der Waals surface area contributed by atoms with Gasteiger partial charge in [0.1, 0.15) is 12.1 Å². The summed E-state index contributed by atoms with van der Waals surface area (Å²) >= 11 is 0. The van der Waals surface area contributed by atoms with Gasteiger partial charge in [-0.1, -0.05) is 13.0 Å². The molecule has 0 saturated carbocycles. The van der Waals surface area contributed by atoms with Crippen molar-refractivity contribution in [3.63, 3.8) is 0 Å². The van der Waals surface area contributed by atoms with Crippen LogP contribution in [0.4, 0.5) is 5.69 Å². The van der Waals surface area contributed by atoms with Crippen molar-refractivity contribution in [1.82, 2.24) is 4.90 Å². The van der Waals surface area contributed by atoms with Crippen molar-refractivity contribution in [2.24, 2.45) is 5.92 Å². The lowest BCUT2D eigenvalue weighted by Crippen LogP contribution is -2.52. The van der Waals surface area contributed by atoms with Crippen LogP contribution in [-0.2, 0) is 0 Å². The predicted molar refractivity (Wildman–Crippen MR) is 88.4 cm³/mol. The fourth-order valence-corrected chi connectivity index (χ4v) is 3.08. The van der Waals surface area contributed by atoms with E-state index in [1.54, 1.807) is 18.2 Å². The lowest BCUT2D eigenvalue weighted by Gasteiger charge is -2.43. The SMILES string of the molecule is CC1CCCN(C(C)(C)CNc2c(C#N)cccc2C#N)C1. The van der Waals surface area contributed by atoms with Crippen LogP contribution in [0.15, 0.2) is 18.2 Å². The second-order valence-corrected chi connectivity index (χ2v) is 6.81. The molecule has 1 saturated heterocycles. The molecule has 1 aliphatic heterocycles. The molecule has 1 N–H and O–H groups in total. The van der Waals surface area contributed by atoms with Crippen LogP contribution in [-0.4, -0.2) is 30.1 Å². The average Bonchev–Trinajstić information content (AvgIpc) is 2.52. The Balaban J connectivity index is 2.12. The molecule has 0 aliphatic carbocycles. The van der Waals surface area contributed by atoms with E-state index in [1.165, 1.54) is 12.8 Å². The predicted octanol–water partition coefficient (Wildman–Crippen LogP) is 3.35. The maximum absolute atomic E-state index is 9.24. The van der Waals surface area contributed by atoms with Crippen molar-refractivity contribution in [3.05, 3.63) is 29.3 Å².